The zero-order valence-electron chi connectivity index (χ0n) is 13.7. The number of amides is 2. The number of aryl methyl sites for hydroxylation is 1. The topological polar surface area (TPSA) is 65.5 Å². The highest BCUT2D eigenvalue weighted by molar-refractivity contribution is 5.89. The summed E-state index contributed by atoms with van der Waals surface area (Å²) in [7, 11) is 0. The van der Waals surface area contributed by atoms with E-state index in [-0.39, 0.29) is 6.03 Å². The quantitative estimate of drug-likeness (QED) is 0.901. The molecule has 0 saturated carbocycles. The van der Waals surface area contributed by atoms with Crippen LogP contribution in [0.25, 0.3) is 0 Å². The number of aromatic nitrogens is 1. The van der Waals surface area contributed by atoms with Gasteiger partial charge in [0.2, 0.25) is 0 Å². The van der Waals surface area contributed by atoms with Crippen molar-refractivity contribution in [2.45, 2.75) is 25.7 Å². The maximum atomic E-state index is 12.2. The van der Waals surface area contributed by atoms with Crippen LogP contribution in [0.15, 0.2) is 48.8 Å². The molecular formula is C19H23N3O2. The monoisotopic (exact) mass is 325 g/mol. The fourth-order valence-electron chi connectivity index (χ4n) is 3.10. The Balaban J connectivity index is 1.42. The number of likely N-dealkylation sites (tertiary alicyclic amines) is 1. The number of nitrogens with one attached hydrogen (secondary N) is 1. The average Bonchev–Trinajstić information content (AvgIpc) is 2.62. The molecule has 2 aromatic rings. The predicted molar refractivity (Wildman–Crippen MR) is 94.0 cm³/mol. The van der Waals surface area contributed by atoms with E-state index in [9.17, 15) is 9.90 Å². The van der Waals surface area contributed by atoms with Gasteiger partial charge in [-0.1, -0.05) is 12.1 Å². The van der Waals surface area contributed by atoms with Crippen molar-refractivity contribution < 1.29 is 9.90 Å². The standard InChI is InChI=1S/C19H23N3O2/c23-18-7-5-15(6-8-18)3-4-16-9-12-22(13-10-16)19(24)21-17-2-1-11-20-14-17/h1-2,5-8,11,14,16,23H,3-4,9-10,12-13H2,(H,21,24). The number of aromatic hydroxyl groups is 1. The van der Waals surface area contributed by atoms with E-state index in [2.05, 4.69) is 10.3 Å². The van der Waals surface area contributed by atoms with Gasteiger partial charge in [0.05, 0.1) is 11.9 Å². The van der Waals surface area contributed by atoms with Crippen LogP contribution in [0.4, 0.5) is 10.5 Å². The third-order valence-electron chi connectivity index (χ3n) is 4.59. The number of pyridine rings is 1. The molecule has 2 amide bonds. The molecule has 1 aliphatic heterocycles. The lowest BCUT2D eigenvalue weighted by Crippen LogP contribution is -2.41. The summed E-state index contributed by atoms with van der Waals surface area (Å²) < 4.78 is 0. The molecule has 24 heavy (non-hydrogen) atoms. The number of hydrogen-bond acceptors (Lipinski definition) is 3. The number of piperidine rings is 1. The molecule has 0 spiro atoms. The van der Waals surface area contributed by atoms with Gasteiger partial charge in [0, 0.05) is 19.3 Å². The first-order valence-electron chi connectivity index (χ1n) is 8.44. The lowest BCUT2D eigenvalue weighted by atomic mass is 9.90. The van der Waals surface area contributed by atoms with Gasteiger partial charge in [-0.25, -0.2) is 4.79 Å². The van der Waals surface area contributed by atoms with Crippen LogP contribution < -0.4 is 5.32 Å². The van der Waals surface area contributed by atoms with E-state index in [4.69, 9.17) is 0 Å². The van der Waals surface area contributed by atoms with Crippen LogP contribution in [0.1, 0.15) is 24.8 Å². The number of phenols is 1. The number of anilines is 1. The molecule has 1 aromatic heterocycles. The third kappa shape index (κ3) is 4.47. The number of carbonyl (C=O) groups is 1. The molecule has 5 heteroatoms. The van der Waals surface area contributed by atoms with Crippen LogP contribution in [0.2, 0.25) is 0 Å². The molecule has 1 aromatic carbocycles. The number of hydrogen-bond donors (Lipinski definition) is 2. The number of urea groups is 1. The van der Waals surface area contributed by atoms with Gasteiger partial charge in [0.1, 0.15) is 5.75 Å². The second-order valence-electron chi connectivity index (χ2n) is 6.31. The lowest BCUT2D eigenvalue weighted by molar-refractivity contribution is 0.180. The summed E-state index contributed by atoms with van der Waals surface area (Å²) in [5, 5.41) is 12.2. The molecule has 0 bridgehead atoms. The Bertz CT molecular complexity index is 650. The van der Waals surface area contributed by atoms with Crippen molar-refractivity contribution in [3.05, 3.63) is 54.4 Å². The van der Waals surface area contributed by atoms with Crippen LogP contribution in [0.5, 0.6) is 5.75 Å². The van der Waals surface area contributed by atoms with E-state index < -0.39 is 0 Å². The molecule has 2 N–H and O–H groups in total. The van der Waals surface area contributed by atoms with Gasteiger partial charge in [-0.05, 0) is 61.4 Å². The molecule has 3 rings (SSSR count). The van der Waals surface area contributed by atoms with Crippen molar-refractivity contribution in [2.24, 2.45) is 5.92 Å². The molecular weight excluding hydrogens is 302 g/mol. The van der Waals surface area contributed by atoms with E-state index in [1.165, 1.54) is 5.56 Å². The molecule has 1 fully saturated rings. The summed E-state index contributed by atoms with van der Waals surface area (Å²) in [4.78, 5) is 18.1. The molecule has 0 aliphatic carbocycles. The summed E-state index contributed by atoms with van der Waals surface area (Å²) in [5.41, 5.74) is 1.99. The van der Waals surface area contributed by atoms with E-state index in [1.807, 2.05) is 29.2 Å². The van der Waals surface area contributed by atoms with Gasteiger partial charge in [0.15, 0.2) is 0 Å². The van der Waals surface area contributed by atoms with Gasteiger partial charge < -0.3 is 15.3 Å². The molecule has 126 valence electrons. The molecule has 0 unspecified atom stereocenters. The minimum Gasteiger partial charge on any atom is -0.508 e. The second kappa shape index (κ2) is 7.81. The highest BCUT2D eigenvalue weighted by atomic mass is 16.3. The van der Waals surface area contributed by atoms with Crippen molar-refractivity contribution in [2.75, 3.05) is 18.4 Å². The van der Waals surface area contributed by atoms with Gasteiger partial charge in [0.25, 0.3) is 0 Å². The first-order chi connectivity index (χ1) is 11.7. The normalized spacial score (nSPS) is 15.2. The van der Waals surface area contributed by atoms with Crippen LogP contribution in [-0.2, 0) is 6.42 Å². The van der Waals surface area contributed by atoms with Gasteiger partial charge in [-0.3, -0.25) is 4.98 Å². The molecule has 5 nitrogen and oxygen atoms in total. The smallest absolute Gasteiger partial charge is 0.321 e. The Morgan fingerprint density at radius 2 is 1.96 bits per heavy atom. The Labute approximate surface area is 142 Å². The van der Waals surface area contributed by atoms with Gasteiger partial charge in [-0.2, -0.15) is 0 Å². The summed E-state index contributed by atoms with van der Waals surface area (Å²) >= 11 is 0. The van der Waals surface area contributed by atoms with Crippen LogP contribution in [0, 0.1) is 5.92 Å². The molecule has 1 saturated heterocycles. The third-order valence-corrected chi connectivity index (χ3v) is 4.59. The SMILES string of the molecule is O=C(Nc1cccnc1)N1CCC(CCc2ccc(O)cc2)CC1. The largest absolute Gasteiger partial charge is 0.508 e. The molecule has 2 heterocycles. The Morgan fingerprint density at radius 3 is 2.62 bits per heavy atom. The Morgan fingerprint density at radius 1 is 1.21 bits per heavy atom. The number of nitrogens with zero attached hydrogens (tertiary/aromatic N) is 2. The van der Waals surface area contributed by atoms with Crippen molar-refractivity contribution in [1.29, 1.82) is 0 Å². The van der Waals surface area contributed by atoms with E-state index in [0.717, 1.165) is 44.5 Å². The number of benzene rings is 1. The zero-order chi connectivity index (χ0) is 16.8. The maximum absolute atomic E-state index is 12.2. The summed E-state index contributed by atoms with van der Waals surface area (Å²) in [6, 6.07) is 11.0. The fraction of sp³-hybridized carbons (Fsp3) is 0.368. The minimum atomic E-state index is -0.0417. The second-order valence-corrected chi connectivity index (χ2v) is 6.31. The van der Waals surface area contributed by atoms with Gasteiger partial charge in [-0.15, -0.1) is 0 Å². The molecule has 0 atom stereocenters. The maximum Gasteiger partial charge on any atom is 0.321 e. The van der Waals surface area contributed by atoms with Crippen molar-refractivity contribution in [3.8, 4) is 5.75 Å². The summed E-state index contributed by atoms with van der Waals surface area (Å²) in [5.74, 6) is 0.966. The lowest BCUT2D eigenvalue weighted by Gasteiger charge is -2.32. The Hall–Kier alpha value is -2.56. The Kier molecular flexibility index (Phi) is 5.31. The highest BCUT2D eigenvalue weighted by Crippen LogP contribution is 2.23. The minimum absolute atomic E-state index is 0.0417. The van der Waals surface area contributed by atoms with E-state index in [0.29, 0.717) is 11.7 Å². The number of rotatable bonds is 4. The molecule has 1 aliphatic rings. The number of carbonyl (C=O) groups excluding carboxylic acids is 1. The summed E-state index contributed by atoms with van der Waals surface area (Å²) in [6.07, 6.45) is 7.57. The number of phenolic OH excluding ortho intramolecular Hbond substituents is 1. The van der Waals surface area contributed by atoms with Crippen LogP contribution in [-0.4, -0.2) is 34.1 Å². The predicted octanol–water partition coefficient (Wildman–Crippen LogP) is 3.66. The molecule has 0 radical (unpaired) electrons. The van der Waals surface area contributed by atoms with Crippen molar-refractivity contribution >= 4 is 11.7 Å². The fourth-order valence-corrected chi connectivity index (χ4v) is 3.10. The average molecular weight is 325 g/mol. The zero-order valence-corrected chi connectivity index (χ0v) is 13.7. The first-order valence-corrected chi connectivity index (χ1v) is 8.44. The van der Waals surface area contributed by atoms with Crippen molar-refractivity contribution in [3.63, 3.8) is 0 Å². The van der Waals surface area contributed by atoms with Gasteiger partial charge >= 0.3 is 6.03 Å². The van der Waals surface area contributed by atoms with E-state index >= 15 is 0 Å². The van der Waals surface area contributed by atoms with Crippen LogP contribution >= 0.6 is 0 Å². The summed E-state index contributed by atoms with van der Waals surface area (Å²) in [6.45, 7) is 1.60. The highest BCUT2D eigenvalue weighted by Gasteiger charge is 2.22. The van der Waals surface area contributed by atoms with Crippen LogP contribution in [0.3, 0.4) is 0 Å². The first kappa shape index (κ1) is 16.3. The van der Waals surface area contributed by atoms with Crippen molar-refractivity contribution in [1.82, 2.24) is 9.88 Å². The van der Waals surface area contributed by atoms with E-state index in [1.54, 1.807) is 24.5 Å².